The maximum atomic E-state index is 6.03. The van der Waals surface area contributed by atoms with Crippen molar-refractivity contribution in [3.63, 3.8) is 0 Å². The molecule has 2 saturated heterocycles. The molecule has 19 heavy (non-hydrogen) atoms. The molecule has 0 aliphatic carbocycles. The highest BCUT2D eigenvalue weighted by Crippen LogP contribution is 2.25. The number of pyridine rings is 1. The molecule has 2 fully saturated rings. The first kappa shape index (κ1) is 13.3. The molecule has 3 nitrogen and oxygen atoms in total. The number of hydrogen-bond donors (Lipinski definition) is 1. The summed E-state index contributed by atoms with van der Waals surface area (Å²) in [6.45, 7) is 4.53. The van der Waals surface area contributed by atoms with Crippen molar-refractivity contribution >= 4 is 11.6 Å². The van der Waals surface area contributed by atoms with E-state index in [2.05, 4.69) is 15.2 Å². The third-order valence-electron chi connectivity index (χ3n) is 4.37. The molecule has 104 valence electrons. The van der Waals surface area contributed by atoms with Crippen LogP contribution in [0.5, 0.6) is 0 Å². The van der Waals surface area contributed by atoms with Crippen molar-refractivity contribution in [2.24, 2.45) is 5.92 Å². The zero-order chi connectivity index (χ0) is 13.1. The molecule has 3 heterocycles. The first-order chi connectivity index (χ1) is 9.31. The van der Waals surface area contributed by atoms with E-state index in [0.717, 1.165) is 29.2 Å². The molecule has 0 amide bonds. The molecular formula is C15H22ClN3. The normalized spacial score (nSPS) is 28.7. The molecule has 1 aromatic heterocycles. The van der Waals surface area contributed by atoms with Crippen LogP contribution in [-0.2, 0) is 6.54 Å². The smallest absolute Gasteiger partial charge is 0.0558 e. The van der Waals surface area contributed by atoms with Gasteiger partial charge in [0, 0.05) is 30.4 Å². The third-order valence-corrected chi connectivity index (χ3v) is 4.61. The van der Waals surface area contributed by atoms with E-state index in [1.165, 1.54) is 45.3 Å². The van der Waals surface area contributed by atoms with E-state index in [9.17, 15) is 0 Å². The zero-order valence-electron chi connectivity index (χ0n) is 11.3. The van der Waals surface area contributed by atoms with Gasteiger partial charge in [-0.1, -0.05) is 11.6 Å². The van der Waals surface area contributed by atoms with Crippen LogP contribution in [0.15, 0.2) is 18.3 Å². The molecule has 2 aliphatic heterocycles. The van der Waals surface area contributed by atoms with E-state index in [4.69, 9.17) is 11.6 Å². The van der Waals surface area contributed by atoms with Crippen LogP contribution in [0, 0.1) is 5.92 Å². The van der Waals surface area contributed by atoms with Crippen LogP contribution in [0.25, 0.3) is 0 Å². The number of nitrogens with one attached hydrogen (secondary N) is 1. The van der Waals surface area contributed by atoms with E-state index >= 15 is 0 Å². The second-order valence-corrected chi connectivity index (χ2v) is 6.24. The van der Waals surface area contributed by atoms with E-state index < -0.39 is 0 Å². The van der Waals surface area contributed by atoms with E-state index in [0.29, 0.717) is 0 Å². The Morgan fingerprint density at radius 1 is 1.37 bits per heavy atom. The molecule has 1 N–H and O–H groups in total. The molecule has 4 heteroatoms. The summed E-state index contributed by atoms with van der Waals surface area (Å²) in [6, 6.07) is 4.57. The first-order valence-corrected chi connectivity index (χ1v) is 7.75. The third kappa shape index (κ3) is 3.47. The van der Waals surface area contributed by atoms with Crippen LogP contribution in [0.2, 0.25) is 5.02 Å². The molecule has 2 unspecified atom stereocenters. The van der Waals surface area contributed by atoms with E-state index in [1.54, 1.807) is 6.20 Å². The fraction of sp³-hybridized carbons (Fsp3) is 0.667. The van der Waals surface area contributed by atoms with Gasteiger partial charge < -0.3 is 5.32 Å². The van der Waals surface area contributed by atoms with Gasteiger partial charge in [-0.25, -0.2) is 0 Å². The molecule has 0 radical (unpaired) electrons. The SMILES string of the molecule is Clc1ccnc(CN2CCCC(C3CCCN3)C2)c1. The minimum Gasteiger partial charge on any atom is -0.314 e. The summed E-state index contributed by atoms with van der Waals surface area (Å²) >= 11 is 6.03. The summed E-state index contributed by atoms with van der Waals surface area (Å²) in [6.07, 6.45) is 7.18. The largest absolute Gasteiger partial charge is 0.314 e. The van der Waals surface area contributed by atoms with E-state index in [-0.39, 0.29) is 0 Å². The van der Waals surface area contributed by atoms with Crippen molar-refractivity contribution in [2.45, 2.75) is 38.3 Å². The maximum absolute atomic E-state index is 6.03. The number of rotatable bonds is 3. The van der Waals surface area contributed by atoms with Crippen LogP contribution in [0.1, 0.15) is 31.4 Å². The fourth-order valence-electron chi connectivity index (χ4n) is 3.44. The summed E-state index contributed by atoms with van der Waals surface area (Å²) in [4.78, 5) is 6.95. The van der Waals surface area contributed by atoms with Crippen molar-refractivity contribution in [1.29, 1.82) is 0 Å². The van der Waals surface area contributed by atoms with Gasteiger partial charge in [0.2, 0.25) is 0 Å². The van der Waals surface area contributed by atoms with Gasteiger partial charge >= 0.3 is 0 Å². The van der Waals surface area contributed by atoms with Crippen molar-refractivity contribution in [2.75, 3.05) is 19.6 Å². The highest BCUT2D eigenvalue weighted by atomic mass is 35.5. The van der Waals surface area contributed by atoms with Gasteiger partial charge in [0.1, 0.15) is 0 Å². The fourth-order valence-corrected chi connectivity index (χ4v) is 3.62. The average molecular weight is 280 g/mol. The zero-order valence-corrected chi connectivity index (χ0v) is 12.1. The predicted molar refractivity (Wildman–Crippen MR) is 78.3 cm³/mol. The van der Waals surface area contributed by atoms with E-state index in [1.807, 2.05) is 12.1 Å². The monoisotopic (exact) mass is 279 g/mol. The van der Waals surface area contributed by atoms with Crippen LogP contribution in [-0.4, -0.2) is 35.6 Å². The first-order valence-electron chi connectivity index (χ1n) is 7.37. The molecule has 3 rings (SSSR count). The topological polar surface area (TPSA) is 28.2 Å². The van der Waals surface area contributed by atoms with Gasteiger partial charge in [0.05, 0.1) is 5.69 Å². The summed E-state index contributed by atoms with van der Waals surface area (Å²) in [5, 5.41) is 4.44. The molecular weight excluding hydrogens is 258 g/mol. The lowest BCUT2D eigenvalue weighted by Gasteiger charge is -2.35. The highest BCUT2D eigenvalue weighted by molar-refractivity contribution is 6.30. The van der Waals surface area contributed by atoms with Crippen LogP contribution >= 0.6 is 11.6 Å². The Kier molecular flexibility index (Phi) is 4.36. The summed E-state index contributed by atoms with van der Waals surface area (Å²) in [5.74, 6) is 0.815. The quantitative estimate of drug-likeness (QED) is 0.922. The average Bonchev–Trinajstić information content (AvgIpc) is 2.93. The number of likely N-dealkylation sites (tertiary alicyclic amines) is 1. The van der Waals surface area contributed by atoms with Crippen LogP contribution in [0.3, 0.4) is 0 Å². The van der Waals surface area contributed by atoms with Crippen molar-refractivity contribution in [1.82, 2.24) is 15.2 Å². The Morgan fingerprint density at radius 3 is 3.11 bits per heavy atom. The lowest BCUT2D eigenvalue weighted by molar-refractivity contribution is 0.144. The molecule has 0 saturated carbocycles. The number of aromatic nitrogens is 1. The minimum absolute atomic E-state index is 0.745. The number of hydrogen-bond acceptors (Lipinski definition) is 3. The number of piperidine rings is 1. The van der Waals surface area contributed by atoms with Crippen LogP contribution in [0.4, 0.5) is 0 Å². The van der Waals surface area contributed by atoms with Crippen molar-refractivity contribution < 1.29 is 0 Å². The molecule has 2 atom stereocenters. The minimum atomic E-state index is 0.745. The molecule has 0 aromatic carbocycles. The predicted octanol–water partition coefficient (Wildman–Crippen LogP) is 2.70. The van der Waals surface area contributed by atoms with Gasteiger partial charge in [-0.2, -0.15) is 0 Å². The Morgan fingerprint density at radius 2 is 2.32 bits per heavy atom. The second-order valence-electron chi connectivity index (χ2n) is 5.81. The summed E-state index contributed by atoms with van der Waals surface area (Å²) < 4.78 is 0. The van der Waals surface area contributed by atoms with Gasteiger partial charge in [-0.15, -0.1) is 0 Å². The lowest BCUT2D eigenvalue weighted by atomic mass is 9.90. The second kappa shape index (κ2) is 6.21. The highest BCUT2D eigenvalue weighted by Gasteiger charge is 2.28. The Labute approximate surface area is 120 Å². The molecule has 0 spiro atoms. The summed E-state index contributed by atoms with van der Waals surface area (Å²) in [5.41, 5.74) is 1.09. The Hall–Kier alpha value is -0.640. The van der Waals surface area contributed by atoms with Crippen molar-refractivity contribution in [3.05, 3.63) is 29.0 Å². The Balaban J connectivity index is 1.58. The molecule has 0 bridgehead atoms. The van der Waals surface area contributed by atoms with Gasteiger partial charge in [0.15, 0.2) is 0 Å². The standard InChI is InChI=1S/C15H22ClN3/c16-13-5-7-17-14(9-13)11-19-8-2-3-12(10-19)15-4-1-6-18-15/h5,7,9,12,15,18H,1-4,6,8,10-11H2. The van der Waals surface area contributed by atoms with Gasteiger partial charge in [-0.05, 0) is 56.8 Å². The molecule has 1 aromatic rings. The van der Waals surface area contributed by atoms with Crippen LogP contribution < -0.4 is 5.32 Å². The van der Waals surface area contributed by atoms with Gasteiger partial charge in [-0.3, -0.25) is 9.88 Å². The number of halogens is 1. The van der Waals surface area contributed by atoms with Crippen molar-refractivity contribution in [3.8, 4) is 0 Å². The number of nitrogens with zero attached hydrogens (tertiary/aromatic N) is 2. The lowest BCUT2D eigenvalue weighted by Crippen LogP contribution is -2.43. The molecule has 2 aliphatic rings. The summed E-state index contributed by atoms with van der Waals surface area (Å²) in [7, 11) is 0. The van der Waals surface area contributed by atoms with Gasteiger partial charge in [0.25, 0.3) is 0 Å². The maximum Gasteiger partial charge on any atom is 0.0558 e. The Bertz CT molecular complexity index is 418.